The molecule has 39 heavy (non-hydrogen) atoms. The fourth-order valence-electron chi connectivity index (χ4n) is 4.54. The summed E-state index contributed by atoms with van der Waals surface area (Å²) in [5.41, 5.74) is 12.1. The molecular weight excluding hydrogens is 470 g/mol. The molecule has 0 atom stereocenters. The van der Waals surface area contributed by atoms with E-state index in [1.54, 1.807) is 0 Å². The van der Waals surface area contributed by atoms with Crippen LogP contribution in [0.3, 0.4) is 0 Å². The summed E-state index contributed by atoms with van der Waals surface area (Å²) in [7, 11) is 0. The molecule has 0 amide bonds. The van der Waals surface area contributed by atoms with Crippen molar-refractivity contribution in [2.75, 3.05) is 4.90 Å². The van der Waals surface area contributed by atoms with E-state index in [0.717, 1.165) is 23.5 Å². The number of nitrogens with zero attached hydrogens (tertiary/aromatic N) is 1. The summed E-state index contributed by atoms with van der Waals surface area (Å²) in [6, 6.07) is 43.6. The lowest BCUT2D eigenvalue weighted by Gasteiger charge is -2.26. The maximum Gasteiger partial charge on any atom is 0.0462 e. The van der Waals surface area contributed by atoms with Gasteiger partial charge in [0.1, 0.15) is 0 Å². The Hall–Kier alpha value is -4.62. The number of aryl methyl sites for hydroxylation is 3. The third-order valence-corrected chi connectivity index (χ3v) is 7.00. The van der Waals surface area contributed by atoms with Crippen LogP contribution < -0.4 is 4.90 Å². The van der Waals surface area contributed by atoms with Crippen molar-refractivity contribution in [3.8, 4) is 0 Å². The fourth-order valence-corrected chi connectivity index (χ4v) is 4.54. The smallest absolute Gasteiger partial charge is 0.0462 e. The number of anilines is 3. The molecule has 0 saturated carbocycles. The van der Waals surface area contributed by atoms with Crippen molar-refractivity contribution in [3.05, 3.63) is 160 Å². The van der Waals surface area contributed by atoms with E-state index in [0.29, 0.717) is 0 Å². The summed E-state index contributed by atoms with van der Waals surface area (Å²) in [5, 5.41) is 0. The highest BCUT2D eigenvalue weighted by Crippen LogP contribution is 2.35. The van der Waals surface area contributed by atoms with Gasteiger partial charge in [-0.25, -0.2) is 0 Å². The second-order valence-corrected chi connectivity index (χ2v) is 10.0. The van der Waals surface area contributed by atoms with Gasteiger partial charge in [-0.2, -0.15) is 0 Å². The Bertz CT molecular complexity index is 1440. The summed E-state index contributed by atoms with van der Waals surface area (Å²) < 4.78 is 0. The van der Waals surface area contributed by atoms with Gasteiger partial charge in [0.25, 0.3) is 0 Å². The zero-order valence-corrected chi connectivity index (χ0v) is 23.0. The zero-order valence-electron chi connectivity index (χ0n) is 23.0. The van der Waals surface area contributed by atoms with E-state index in [4.69, 9.17) is 0 Å². The molecule has 0 radical (unpaired) electrons. The van der Waals surface area contributed by atoms with Crippen molar-refractivity contribution in [1.29, 1.82) is 0 Å². The molecule has 0 unspecified atom stereocenters. The Morgan fingerprint density at radius 1 is 0.410 bits per heavy atom. The van der Waals surface area contributed by atoms with Crippen molar-refractivity contribution in [1.82, 2.24) is 0 Å². The van der Waals surface area contributed by atoms with Gasteiger partial charge in [-0.15, -0.1) is 0 Å². The van der Waals surface area contributed by atoms with E-state index in [1.807, 2.05) is 0 Å². The minimum atomic E-state index is 1.03. The van der Waals surface area contributed by atoms with Crippen LogP contribution in [0.4, 0.5) is 17.1 Å². The number of rotatable bonds is 8. The Kier molecular flexibility index (Phi) is 8.19. The third-order valence-electron chi connectivity index (χ3n) is 7.00. The Morgan fingerprint density at radius 3 is 1.00 bits per heavy atom. The minimum absolute atomic E-state index is 1.03. The second-order valence-electron chi connectivity index (χ2n) is 10.0. The van der Waals surface area contributed by atoms with Gasteiger partial charge < -0.3 is 4.90 Å². The molecule has 0 N–H and O–H groups in total. The number of hydrogen-bond acceptors (Lipinski definition) is 1. The standard InChI is InChI=1S/C38H35N/c1-4-31-17-23-36(24-18-31)39(37-25-19-34(20-26-37)15-13-32-9-5-29(2)6-10-32)38-27-21-35(22-28-38)16-14-33-11-7-30(3)8-12-33/h5-28H,4H2,1-3H3. The molecule has 0 fully saturated rings. The summed E-state index contributed by atoms with van der Waals surface area (Å²) in [5.74, 6) is 0. The van der Waals surface area contributed by atoms with Crippen LogP contribution in [-0.2, 0) is 6.42 Å². The maximum atomic E-state index is 2.32. The molecule has 5 aromatic rings. The molecule has 5 aromatic carbocycles. The molecule has 1 nitrogen and oxygen atoms in total. The lowest BCUT2D eigenvalue weighted by molar-refractivity contribution is 1.14. The second kappa shape index (κ2) is 12.3. The van der Waals surface area contributed by atoms with Crippen LogP contribution in [0.15, 0.2) is 121 Å². The third kappa shape index (κ3) is 6.83. The van der Waals surface area contributed by atoms with Crippen LogP contribution >= 0.6 is 0 Å². The number of hydrogen-bond donors (Lipinski definition) is 0. The summed E-state index contributed by atoms with van der Waals surface area (Å²) in [4.78, 5) is 2.32. The highest BCUT2D eigenvalue weighted by molar-refractivity contribution is 5.79. The average molecular weight is 506 g/mol. The van der Waals surface area contributed by atoms with E-state index in [9.17, 15) is 0 Å². The lowest BCUT2D eigenvalue weighted by Crippen LogP contribution is -2.09. The molecule has 0 bridgehead atoms. The monoisotopic (exact) mass is 505 g/mol. The molecule has 1 heteroatoms. The first-order valence-electron chi connectivity index (χ1n) is 13.7. The van der Waals surface area contributed by atoms with E-state index < -0.39 is 0 Å². The van der Waals surface area contributed by atoms with Gasteiger partial charge in [-0.3, -0.25) is 0 Å². The van der Waals surface area contributed by atoms with Gasteiger partial charge >= 0.3 is 0 Å². The molecule has 5 rings (SSSR count). The summed E-state index contributed by atoms with van der Waals surface area (Å²) in [6.45, 7) is 6.42. The first-order valence-corrected chi connectivity index (χ1v) is 13.7. The van der Waals surface area contributed by atoms with Gasteiger partial charge in [-0.1, -0.05) is 127 Å². The van der Waals surface area contributed by atoms with Crippen molar-refractivity contribution in [3.63, 3.8) is 0 Å². The van der Waals surface area contributed by atoms with Gasteiger partial charge in [-0.05, 0) is 84.5 Å². The highest BCUT2D eigenvalue weighted by atomic mass is 15.1. The van der Waals surface area contributed by atoms with Crippen molar-refractivity contribution in [2.45, 2.75) is 27.2 Å². The summed E-state index contributed by atoms with van der Waals surface area (Å²) in [6.07, 6.45) is 9.70. The lowest BCUT2D eigenvalue weighted by atomic mass is 10.1. The predicted octanol–water partition coefficient (Wildman–Crippen LogP) is 10.7. The predicted molar refractivity (Wildman–Crippen MR) is 171 cm³/mol. The van der Waals surface area contributed by atoms with E-state index in [-0.39, 0.29) is 0 Å². The molecule has 192 valence electrons. The van der Waals surface area contributed by atoms with Crippen LogP contribution in [0.5, 0.6) is 0 Å². The largest absolute Gasteiger partial charge is 0.311 e. The van der Waals surface area contributed by atoms with Crippen LogP contribution in [0.1, 0.15) is 45.9 Å². The van der Waals surface area contributed by atoms with E-state index >= 15 is 0 Å². The Morgan fingerprint density at radius 2 is 0.692 bits per heavy atom. The van der Waals surface area contributed by atoms with Crippen LogP contribution in [0, 0.1) is 13.8 Å². The van der Waals surface area contributed by atoms with Gasteiger partial charge in [0.15, 0.2) is 0 Å². The topological polar surface area (TPSA) is 3.24 Å². The van der Waals surface area contributed by atoms with Crippen LogP contribution in [0.2, 0.25) is 0 Å². The maximum absolute atomic E-state index is 2.32. The Labute approximate surface area is 233 Å². The highest BCUT2D eigenvalue weighted by Gasteiger charge is 2.12. The molecule has 0 aliphatic rings. The van der Waals surface area contributed by atoms with Gasteiger partial charge in [0.05, 0.1) is 0 Å². The molecular formula is C38H35N. The van der Waals surface area contributed by atoms with Crippen molar-refractivity contribution < 1.29 is 0 Å². The summed E-state index contributed by atoms with van der Waals surface area (Å²) >= 11 is 0. The minimum Gasteiger partial charge on any atom is -0.311 e. The normalized spacial score (nSPS) is 11.4. The van der Waals surface area contributed by atoms with E-state index in [2.05, 4.69) is 171 Å². The quantitative estimate of drug-likeness (QED) is 0.190. The van der Waals surface area contributed by atoms with Crippen molar-refractivity contribution >= 4 is 41.4 Å². The Balaban J connectivity index is 1.41. The SMILES string of the molecule is CCc1ccc(N(c2ccc(C=Cc3ccc(C)cc3)cc2)c2ccc(C=Cc3ccc(C)cc3)cc2)cc1. The van der Waals surface area contributed by atoms with E-state index in [1.165, 1.54) is 38.9 Å². The molecule has 0 aliphatic carbocycles. The zero-order chi connectivity index (χ0) is 27.0. The molecule has 0 heterocycles. The molecule has 0 spiro atoms. The van der Waals surface area contributed by atoms with Crippen LogP contribution in [0.25, 0.3) is 24.3 Å². The average Bonchev–Trinajstić information content (AvgIpc) is 2.98. The molecule has 0 saturated heterocycles. The van der Waals surface area contributed by atoms with Gasteiger partial charge in [0, 0.05) is 17.1 Å². The molecule has 0 aliphatic heterocycles. The molecule has 0 aromatic heterocycles. The number of benzene rings is 5. The fraction of sp³-hybridized carbons (Fsp3) is 0.105. The van der Waals surface area contributed by atoms with Crippen LogP contribution in [-0.4, -0.2) is 0 Å². The van der Waals surface area contributed by atoms with Crippen molar-refractivity contribution in [2.24, 2.45) is 0 Å². The first-order chi connectivity index (χ1) is 19.1. The first kappa shape index (κ1) is 26.0. The van der Waals surface area contributed by atoms with Gasteiger partial charge in [0.2, 0.25) is 0 Å².